The number of nitrogens with one attached hydrogen (secondary N) is 2. The van der Waals surface area contributed by atoms with Crippen molar-refractivity contribution in [3.8, 4) is 0 Å². The van der Waals surface area contributed by atoms with Crippen LogP contribution in [0.3, 0.4) is 0 Å². The lowest BCUT2D eigenvalue weighted by Gasteiger charge is -2.27. The summed E-state index contributed by atoms with van der Waals surface area (Å²) < 4.78 is 18.5. The van der Waals surface area contributed by atoms with Crippen molar-refractivity contribution in [2.45, 2.75) is 6.04 Å². The molecule has 60 valence electrons. The van der Waals surface area contributed by atoms with Gasteiger partial charge in [-0.15, -0.1) is 0 Å². The molecular formula is C5H12N2O2S. The standard InChI is InChI=1S/C5H12N2O2S/c8-10(9)2-1-7-5-3-6-4-5/h5-7H,1-4H2,(H,8,9). The van der Waals surface area contributed by atoms with E-state index in [0.29, 0.717) is 18.3 Å². The van der Waals surface area contributed by atoms with Crippen molar-refractivity contribution in [2.75, 3.05) is 25.4 Å². The van der Waals surface area contributed by atoms with Crippen LogP contribution in [0.5, 0.6) is 0 Å². The summed E-state index contributed by atoms with van der Waals surface area (Å²) in [7, 11) is 0. The van der Waals surface area contributed by atoms with Crippen LogP contribution >= 0.6 is 0 Å². The van der Waals surface area contributed by atoms with E-state index in [4.69, 9.17) is 4.55 Å². The van der Waals surface area contributed by atoms with Crippen molar-refractivity contribution >= 4 is 11.1 Å². The van der Waals surface area contributed by atoms with Gasteiger partial charge in [-0.25, -0.2) is 4.21 Å². The largest absolute Gasteiger partial charge is 0.314 e. The normalized spacial score (nSPS) is 22.1. The molecule has 1 aliphatic rings. The Kier molecular flexibility index (Phi) is 3.27. The van der Waals surface area contributed by atoms with Crippen LogP contribution in [0.4, 0.5) is 0 Å². The molecule has 0 amide bonds. The van der Waals surface area contributed by atoms with E-state index >= 15 is 0 Å². The van der Waals surface area contributed by atoms with Gasteiger partial charge < -0.3 is 15.2 Å². The zero-order valence-electron chi connectivity index (χ0n) is 5.67. The first kappa shape index (κ1) is 8.13. The highest BCUT2D eigenvalue weighted by Crippen LogP contribution is 1.88. The average molecular weight is 164 g/mol. The molecule has 0 aromatic carbocycles. The van der Waals surface area contributed by atoms with E-state index in [1.807, 2.05) is 0 Å². The van der Waals surface area contributed by atoms with Crippen LogP contribution in [0.2, 0.25) is 0 Å². The average Bonchev–Trinajstić information content (AvgIpc) is 1.75. The molecule has 0 aliphatic carbocycles. The highest BCUT2D eigenvalue weighted by molar-refractivity contribution is 7.79. The number of hydrogen-bond donors (Lipinski definition) is 3. The Morgan fingerprint density at radius 3 is 2.80 bits per heavy atom. The highest BCUT2D eigenvalue weighted by atomic mass is 32.2. The maximum atomic E-state index is 10.1. The molecule has 5 heteroatoms. The smallest absolute Gasteiger partial charge is 0.154 e. The lowest BCUT2D eigenvalue weighted by atomic mass is 10.2. The van der Waals surface area contributed by atoms with E-state index in [0.717, 1.165) is 13.1 Å². The van der Waals surface area contributed by atoms with E-state index in [-0.39, 0.29) is 0 Å². The van der Waals surface area contributed by atoms with Gasteiger partial charge in [0, 0.05) is 25.7 Å². The second-order valence-corrected chi connectivity index (χ2v) is 3.39. The summed E-state index contributed by atoms with van der Waals surface area (Å²) in [5, 5.41) is 6.23. The van der Waals surface area contributed by atoms with Crippen LogP contribution in [0, 0.1) is 0 Å². The van der Waals surface area contributed by atoms with E-state index < -0.39 is 11.1 Å². The van der Waals surface area contributed by atoms with Crippen LogP contribution in [-0.2, 0) is 11.1 Å². The van der Waals surface area contributed by atoms with Crippen molar-refractivity contribution in [3.63, 3.8) is 0 Å². The first-order chi connectivity index (χ1) is 4.79. The van der Waals surface area contributed by atoms with Gasteiger partial charge >= 0.3 is 0 Å². The van der Waals surface area contributed by atoms with Crippen molar-refractivity contribution < 1.29 is 8.76 Å². The molecular weight excluding hydrogens is 152 g/mol. The zero-order valence-corrected chi connectivity index (χ0v) is 6.49. The molecule has 1 aliphatic heterocycles. The van der Waals surface area contributed by atoms with Crippen molar-refractivity contribution in [2.24, 2.45) is 0 Å². The SMILES string of the molecule is O=S(O)CCNC1CNC1. The number of rotatable bonds is 4. The zero-order chi connectivity index (χ0) is 7.40. The molecule has 10 heavy (non-hydrogen) atoms. The van der Waals surface area contributed by atoms with Gasteiger partial charge in [-0.2, -0.15) is 0 Å². The van der Waals surface area contributed by atoms with E-state index in [9.17, 15) is 4.21 Å². The Balaban J connectivity index is 1.89. The Morgan fingerprint density at radius 1 is 1.70 bits per heavy atom. The summed E-state index contributed by atoms with van der Waals surface area (Å²) in [5.41, 5.74) is 0. The molecule has 1 heterocycles. The molecule has 1 atom stereocenters. The molecule has 1 saturated heterocycles. The first-order valence-electron chi connectivity index (χ1n) is 3.30. The molecule has 1 fully saturated rings. The molecule has 0 aromatic rings. The van der Waals surface area contributed by atoms with Crippen LogP contribution in [0.1, 0.15) is 0 Å². The minimum Gasteiger partial charge on any atom is -0.314 e. The van der Waals surface area contributed by atoms with Crippen LogP contribution in [0.25, 0.3) is 0 Å². The lowest BCUT2D eigenvalue weighted by molar-refractivity contribution is 0.373. The molecule has 3 N–H and O–H groups in total. The summed E-state index contributed by atoms with van der Waals surface area (Å²) in [6.45, 7) is 2.60. The Labute approximate surface area is 62.7 Å². The molecule has 1 unspecified atom stereocenters. The molecule has 0 aromatic heterocycles. The van der Waals surface area contributed by atoms with Crippen molar-refractivity contribution in [3.05, 3.63) is 0 Å². The van der Waals surface area contributed by atoms with Crippen LogP contribution in [-0.4, -0.2) is 40.2 Å². The Morgan fingerprint density at radius 2 is 2.40 bits per heavy atom. The molecule has 0 saturated carbocycles. The monoisotopic (exact) mass is 164 g/mol. The van der Waals surface area contributed by atoms with E-state index in [2.05, 4.69) is 10.6 Å². The van der Waals surface area contributed by atoms with Crippen LogP contribution < -0.4 is 10.6 Å². The van der Waals surface area contributed by atoms with Gasteiger partial charge in [-0.3, -0.25) is 0 Å². The molecule has 0 radical (unpaired) electrons. The molecule has 0 bridgehead atoms. The minimum atomic E-state index is -1.64. The number of hydrogen-bond acceptors (Lipinski definition) is 3. The predicted octanol–water partition coefficient (Wildman–Crippen LogP) is -1.23. The third-order valence-electron chi connectivity index (χ3n) is 1.49. The summed E-state index contributed by atoms with van der Waals surface area (Å²) in [5.74, 6) is 0.330. The van der Waals surface area contributed by atoms with Gasteiger partial charge in [0.2, 0.25) is 0 Å². The Hall–Kier alpha value is 0.0300. The Bertz CT molecular complexity index is 127. The minimum absolute atomic E-state index is 0.330. The summed E-state index contributed by atoms with van der Waals surface area (Å²) in [6.07, 6.45) is 0. The van der Waals surface area contributed by atoms with Crippen LogP contribution in [0.15, 0.2) is 0 Å². The lowest BCUT2D eigenvalue weighted by Crippen LogP contribution is -2.55. The molecule has 1 rings (SSSR count). The van der Waals surface area contributed by atoms with Gasteiger partial charge in [0.15, 0.2) is 11.1 Å². The fourth-order valence-electron chi connectivity index (χ4n) is 0.783. The maximum Gasteiger partial charge on any atom is 0.154 e. The fourth-order valence-corrected chi connectivity index (χ4v) is 1.08. The fraction of sp³-hybridized carbons (Fsp3) is 1.00. The maximum absolute atomic E-state index is 10.1. The molecule has 4 nitrogen and oxygen atoms in total. The second kappa shape index (κ2) is 4.02. The second-order valence-electron chi connectivity index (χ2n) is 2.33. The van der Waals surface area contributed by atoms with E-state index in [1.54, 1.807) is 0 Å². The highest BCUT2D eigenvalue weighted by Gasteiger charge is 2.14. The summed E-state index contributed by atoms with van der Waals surface area (Å²) >= 11 is -1.64. The van der Waals surface area contributed by atoms with Gasteiger partial charge in [0.25, 0.3) is 0 Å². The van der Waals surface area contributed by atoms with Gasteiger partial charge in [0.1, 0.15) is 0 Å². The van der Waals surface area contributed by atoms with E-state index in [1.165, 1.54) is 0 Å². The first-order valence-corrected chi connectivity index (χ1v) is 4.58. The summed E-state index contributed by atoms with van der Waals surface area (Å²) in [4.78, 5) is 0. The molecule has 0 spiro atoms. The summed E-state index contributed by atoms with van der Waals surface area (Å²) in [6, 6.07) is 0.517. The van der Waals surface area contributed by atoms with Crippen molar-refractivity contribution in [1.82, 2.24) is 10.6 Å². The topological polar surface area (TPSA) is 61.4 Å². The third kappa shape index (κ3) is 2.74. The van der Waals surface area contributed by atoms with Gasteiger partial charge in [-0.05, 0) is 0 Å². The quantitative estimate of drug-likeness (QED) is 0.455. The van der Waals surface area contributed by atoms with Gasteiger partial charge in [-0.1, -0.05) is 0 Å². The van der Waals surface area contributed by atoms with Gasteiger partial charge in [0.05, 0.1) is 5.75 Å². The van der Waals surface area contributed by atoms with Crippen molar-refractivity contribution in [1.29, 1.82) is 0 Å². The predicted molar refractivity (Wildman–Crippen MR) is 40.3 cm³/mol. The third-order valence-corrected chi connectivity index (χ3v) is 2.04.